The number of urea groups is 1. The first-order valence-electron chi connectivity index (χ1n) is 11.9. The molecular weight excluding hydrogens is 442 g/mol. The van der Waals surface area contributed by atoms with Crippen molar-refractivity contribution in [3.63, 3.8) is 0 Å². The SMILES string of the molecule is Cc1cc(C(=O)CN2C(=O)NC3(CCOc4ccccc43)C2=O)c(C)n1-c1ccc(C(C)C)cc1. The standard InChI is InChI=1S/C28H29N3O4/c1-17(2)20-9-11-21(12-10-20)31-18(3)15-22(19(31)4)24(32)16-30-26(33)28(29-27(30)34)13-14-35-25-8-6-5-7-23(25)28/h5-12,15,17H,13-14,16H2,1-4H3,(H,29,34). The molecule has 3 heterocycles. The molecular formula is C28H29N3O4. The Labute approximate surface area is 204 Å². The van der Waals surface area contributed by atoms with E-state index in [1.54, 1.807) is 12.1 Å². The van der Waals surface area contributed by atoms with Gasteiger partial charge in [0, 0.05) is 34.6 Å². The number of nitrogens with one attached hydrogen (secondary N) is 1. The molecule has 0 radical (unpaired) electrons. The molecule has 180 valence electrons. The number of hydrogen-bond donors (Lipinski definition) is 1. The second kappa shape index (κ2) is 8.41. The lowest BCUT2D eigenvalue weighted by molar-refractivity contribution is -0.132. The molecule has 2 aliphatic rings. The number of amides is 3. The molecule has 3 aromatic rings. The summed E-state index contributed by atoms with van der Waals surface area (Å²) in [4.78, 5) is 40.8. The quantitative estimate of drug-likeness (QED) is 0.435. The fourth-order valence-corrected chi connectivity index (χ4v) is 5.19. The summed E-state index contributed by atoms with van der Waals surface area (Å²) in [7, 11) is 0. The summed E-state index contributed by atoms with van der Waals surface area (Å²) in [6.07, 6.45) is 0.320. The van der Waals surface area contributed by atoms with Gasteiger partial charge in [0.15, 0.2) is 11.3 Å². The number of benzene rings is 2. The minimum absolute atomic E-state index is 0.274. The first kappa shape index (κ1) is 22.9. The topological polar surface area (TPSA) is 80.6 Å². The van der Waals surface area contributed by atoms with Crippen LogP contribution in [0, 0.1) is 13.8 Å². The Kier molecular flexibility index (Phi) is 5.50. The third kappa shape index (κ3) is 3.62. The van der Waals surface area contributed by atoms with E-state index in [4.69, 9.17) is 4.74 Å². The summed E-state index contributed by atoms with van der Waals surface area (Å²) < 4.78 is 7.71. The molecule has 1 saturated heterocycles. The van der Waals surface area contributed by atoms with Crippen molar-refractivity contribution >= 4 is 17.7 Å². The minimum atomic E-state index is -1.19. The molecule has 1 fully saturated rings. The van der Waals surface area contributed by atoms with Crippen molar-refractivity contribution in [1.82, 2.24) is 14.8 Å². The van der Waals surface area contributed by atoms with Crippen LogP contribution in [0.2, 0.25) is 0 Å². The van der Waals surface area contributed by atoms with Gasteiger partial charge in [-0.1, -0.05) is 44.2 Å². The highest BCUT2D eigenvalue weighted by Crippen LogP contribution is 2.41. The van der Waals surface area contributed by atoms with Crippen LogP contribution in [-0.2, 0) is 10.3 Å². The number of carbonyl (C=O) groups is 3. The van der Waals surface area contributed by atoms with E-state index >= 15 is 0 Å². The molecule has 2 aliphatic heterocycles. The van der Waals surface area contributed by atoms with Crippen molar-refractivity contribution in [2.75, 3.05) is 13.2 Å². The zero-order valence-corrected chi connectivity index (χ0v) is 20.4. The van der Waals surface area contributed by atoms with E-state index in [1.807, 2.05) is 48.7 Å². The molecule has 7 nitrogen and oxygen atoms in total. The van der Waals surface area contributed by atoms with Crippen molar-refractivity contribution in [2.24, 2.45) is 0 Å². The molecule has 0 aliphatic carbocycles. The molecule has 3 amide bonds. The van der Waals surface area contributed by atoms with E-state index < -0.39 is 17.5 Å². The van der Waals surface area contributed by atoms with Gasteiger partial charge in [0.25, 0.3) is 5.91 Å². The summed E-state index contributed by atoms with van der Waals surface area (Å²) in [5.41, 5.74) is 3.84. The van der Waals surface area contributed by atoms with Gasteiger partial charge in [0.1, 0.15) is 5.75 Å². The third-order valence-corrected chi connectivity index (χ3v) is 7.11. The van der Waals surface area contributed by atoms with Gasteiger partial charge in [0.05, 0.1) is 13.2 Å². The lowest BCUT2D eigenvalue weighted by atomic mass is 9.84. The Hall–Kier alpha value is -3.87. The normalized spacial score (nSPS) is 19.2. The van der Waals surface area contributed by atoms with Crippen molar-refractivity contribution in [2.45, 2.75) is 45.6 Å². The third-order valence-electron chi connectivity index (χ3n) is 7.11. The molecule has 1 spiro atoms. The van der Waals surface area contributed by atoms with Crippen LogP contribution in [0.15, 0.2) is 54.6 Å². The van der Waals surface area contributed by atoms with Crippen LogP contribution in [-0.4, -0.2) is 40.3 Å². The highest BCUT2D eigenvalue weighted by molar-refractivity contribution is 6.12. The number of imide groups is 1. The second-order valence-electron chi connectivity index (χ2n) is 9.61. The van der Waals surface area contributed by atoms with Crippen LogP contribution in [0.5, 0.6) is 5.75 Å². The zero-order chi connectivity index (χ0) is 24.9. The summed E-state index contributed by atoms with van der Waals surface area (Å²) >= 11 is 0. The summed E-state index contributed by atoms with van der Waals surface area (Å²) in [6.45, 7) is 8.13. The number of ketones is 1. The van der Waals surface area contributed by atoms with Gasteiger partial charge in [-0.2, -0.15) is 0 Å². The molecule has 1 atom stereocenters. The number of Topliss-reactive ketones (excluding diaryl/α,β-unsaturated/α-hetero) is 1. The summed E-state index contributed by atoms with van der Waals surface area (Å²) in [5, 5.41) is 2.85. The maximum atomic E-state index is 13.5. The Morgan fingerprint density at radius 1 is 1.09 bits per heavy atom. The van der Waals surface area contributed by atoms with Gasteiger partial charge >= 0.3 is 6.03 Å². The molecule has 7 heteroatoms. The maximum absolute atomic E-state index is 13.5. The Morgan fingerprint density at radius 3 is 2.51 bits per heavy atom. The van der Waals surface area contributed by atoms with Crippen LogP contribution < -0.4 is 10.1 Å². The fourth-order valence-electron chi connectivity index (χ4n) is 5.19. The van der Waals surface area contributed by atoms with Crippen molar-refractivity contribution < 1.29 is 19.1 Å². The predicted molar refractivity (Wildman–Crippen MR) is 132 cm³/mol. The predicted octanol–water partition coefficient (Wildman–Crippen LogP) is 4.63. The van der Waals surface area contributed by atoms with E-state index in [-0.39, 0.29) is 12.3 Å². The van der Waals surface area contributed by atoms with E-state index in [2.05, 4.69) is 31.3 Å². The highest BCUT2D eigenvalue weighted by atomic mass is 16.5. The smallest absolute Gasteiger partial charge is 0.325 e. The van der Waals surface area contributed by atoms with E-state index in [1.165, 1.54) is 5.56 Å². The number of aromatic nitrogens is 1. The molecule has 1 aromatic heterocycles. The first-order chi connectivity index (χ1) is 16.7. The lowest BCUT2D eigenvalue weighted by Gasteiger charge is -2.33. The number of hydrogen-bond acceptors (Lipinski definition) is 4. The van der Waals surface area contributed by atoms with Crippen LogP contribution in [0.4, 0.5) is 4.79 Å². The first-order valence-corrected chi connectivity index (χ1v) is 11.9. The number of fused-ring (bicyclic) bond motifs is 2. The molecule has 5 rings (SSSR count). The molecule has 1 unspecified atom stereocenters. The van der Waals surface area contributed by atoms with Gasteiger partial charge in [-0.05, 0) is 49.6 Å². The highest BCUT2D eigenvalue weighted by Gasteiger charge is 2.55. The molecule has 35 heavy (non-hydrogen) atoms. The van der Waals surface area contributed by atoms with E-state index in [9.17, 15) is 14.4 Å². The molecule has 1 N–H and O–H groups in total. The zero-order valence-electron chi connectivity index (χ0n) is 20.4. The Bertz CT molecular complexity index is 1340. The van der Waals surface area contributed by atoms with E-state index in [0.29, 0.717) is 35.8 Å². The average molecular weight is 472 g/mol. The van der Waals surface area contributed by atoms with E-state index in [0.717, 1.165) is 22.0 Å². The molecule has 2 aromatic carbocycles. The van der Waals surface area contributed by atoms with Crippen molar-refractivity contribution in [3.8, 4) is 11.4 Å². The Balaban J connectivity index is 1.42. The van der Waals surface area contributed by atoms with Crippen LogP contribution >= 0.6 is 0 Å². The molecule has 0 bridgehead atoms. The number of nitrogens with zero attached hydrogens (tertiary/aromatic N) is 2. The number of aryl methyl sites for hydroxylation is 1. The number of rotatable bonds is 5. The van der Waals surface area contributed by atoms with Crippen molar-refractivity contribution in [3.05, 3.63) is 82.7 Å². The van der Waals surface area contributed by atoms with Gasteiger partial charge in [-0.15, -0.1) is 0 Å². The number of carbonyl (C=O) groups excluding carboxylic acids is 3. The van der Waals surface area contributed by atoms with Gasteiger partial charge in [-0.25, -0.2) is 4.79 Å². The maximum Gasteiger partial charge on any atom is 0.325 e. The second-order valence-corrected chi connectivity index (χ2v) is 9.61. The summed E-state index contributed by atoms with van der Waals surface area (Å²) in [5.74, 6) is 0.324. The van der Waals surface area contributed by atoms with Gasteiger partial charge < -0.3 is 14.6 Å². The average Bonchev–Trinajstić information content (AvgIpc) is 3.27. The largest absolute Gasteiger partial charge is 0.493 e. The van der Waals surface area contributed by atoms with Crippen LogP contribution in [0.1, 0.15) is 59.1 Å². The summed E-state index contributed by atoms with van der Waals surface area (Å²) in [6, 6.07) is 16.8. The van der Waals surface area contributed by atoms with Crippen LogP contribution in [0.3, 0.4) is 0 Å². The number of para-hydroxylation sites is 1. The lowest BCUT2D eigenvalue weighted by Crippen LogP contribution is -2.47. The fraction of sp³-hybridized carbons (Fsp3) is 0.321. The molecule has 0 saturated carbocycles. The minimum Gasteiger partial charge on any atom is -0.493 e. The monoisotopic (exact) mass is 471 g/mol. The number of ether oxygens (including phenoxy) is 1. The van der Waals surface area contributed by atoms with Crippen molar-refractivity contribution in [1.29, 1.82) is 0 Å². The van der Waals surface area contributed by atoms with Gasteiger partial charge in [0.2, 0.25) is 0 Å². The van der Waals surface area contributed by atoms with Gasteiger partial charge in [-0.3, -0.25) is 14.5 Å². The Morgan fingerprint density at radius 2 is 1.80 bits per heavy atom. The van der Waals surface area contributed by atoms with Crippen LogP contribution in [0.25, 0.3) is 5.69 Å².